The second-order valence-corrected chi connectivity index (χ2v) is 5.86. The zero-order valence-electron chi connectivity index (χ0n) is 13.6. The van der Waals surface area contributed by atoms with E-state index in [-0.39, 0.29) is 17.5 Å². The molecular weight excluding hydrogens is 300 g/mol. The molecule has 2 rings (SSSR count). The van der Waals surface area contributed by atoms with E-state index in [1.165, 1.54) is 12.1 Å². The monoisotopic (exact) mass is 322 g/mol. The van der Waals surface area contributed by atoms with Gasteiger partial charge in [-0.2, -0.15) is 0 Å². The van der Waals surface area contributed by atoms with Crippen molar-refractivity contribution in [2.75, 3.05) is 31.6 Å². The molecule has 1 saturated heterocycles. The Labute approximate surface area is 135 Å². The minimum Gasteiger partial charge on any atom is -0.378 e. The predicted octanol–water partition coefficient (Wildman–Crippen LogP) is 1.59. The van der Waals surface area contributed by atoms with Crippen molar-refractivity contribution in [3.05, 3.63) is 27.9 Å². The molecule has 1 amide bonds. The first-order valence-corrected chi connectivity index (χ1v) is 7.65. The molecule has 1 atom stereocenters. The predicted molar refractivity (Wildman–Crippen MR) is 85.3 cm³/mol. The number of hydrogen-bond donors (Lipinski definition) is 1. The summed E-state index contributed by atoms with van der Waals surface area (Å²) in [5.74, 6) is 0.525. The van der Waals surface area contributed by atoms with Gasteiger partial charge in [-0.1, -0.05) is 13.8 Å². The molecule has 8 nitrogen and oxygen atoms in total. The van der Waals surface area contributed by atoms with Crippen molar-refractivity contribution < 1.29 is 14.5 Å². The minimum absolute atomic E-state index is 0.00102. The summed E-state index contributed by atoms with van der Waals surface area (Å²) in [6.45, 7) is 7.74. The maximum Gasteiger partial charge on any atom is 0.290 e. The zero-order valence-corrected chi connectivity index (χ0v) is 13.6. The smallest absolute Gasteiger partial charge is 0.290 e. The third-order valence-corrected chi connectivity index (χ3v) is 3.81. The first kappa shape index (κ1) is 17.1. The SMILES string of the molecule is Cc1nc(NC(C(=O)N2CCOCC2)C(C)C)ccc1[N+](=O)[O-]. The van der Waals surface area contributed by atoms with Crippen LogP contribution in [0.1, 0.15) is 19.5 Å². The van der Waals surface area contributed by atoms with Crippen LogP contribution in [0.3, 0.4) is 0 Å². The molecule has 126 valence electrons. The van der Waals surface area contributed by atoms with Gasteiger partial charge in [-0.25, -0.2) is 4.98 Å². The normalized spacial score (nSPS) is 16.3. The van der Waals surface area contributed by atoms with Crippen LogP contribution in [0.25, 0.3) is 0 Å². The van der Waals surface area contributed by atoms with Crippen molar-refractivity contribution in [3.63, 3.8) is 0 Å². The number of nitro groups is 1. The van der Waals surface area contributed by atoms with E-state index in [4.69, 9.17) is 4.74 Å². The number of anilines is 1. The molecule has 1 aromatic rings. The highest BCUT2D eigenvalue weighted by Crippen LogP contribution is 2.20. The number of hydrogen-bond acceptors (Lipinski definition) is 6. The maximum atomic E-state index is 12.7. The van der Waals surface area contributed by atoms with Crippen LogP contribution in [-0.4, -0.2) is 53.1 Å². The molecule has 0 spiro atoms. The summed E-state index contributed by atoms with van der Waals surface area (Å²) in [6, 6.07) is 2.51. The molecule has 1 aliphatic heterocycles. The van der Waals surface area contributed by atoms with Crippen molar-refractivity contribution in [2.45, 2.75) is 26.8 Å². The molecular formula is C15H22N4O4. The molecule has 0 saturated carbocycles. The van der Waals surface area contributed by atoms with Crippen LogP contribution in [0.2, 0.25) is 0 Å². The summed E-state index contributed by atoms with van der Waals surface area (Å²) in [5.41, 5.74) is 0.289. The Morgan fingerprint density at radius 2 is 2.04 bits per heavy atom. The minimum atomic E-state index is -0.467. The Morgan fingerprint density at radius 3 is 2.57 bits per heavy atom. The van der Waals surface area contributed by atoms with E-state index in [0.717, 1.165) is 0 Å². The molecule has 23 heavy (non-hydrogen) atoms. The number of nitrogens with zero attached hydrogens (tertiary/aromatic N) is 3. The van der Waals surface area contributed by atoms with Gasteiger partial charge >= 0.3 is 0 Å². The van der Waals surface area contributed by atoms with Gasteiger partial charge < -0.3 is 15.0 Å². The molecule has 1 fully saturated rings. The van der Waals surface area contributed by atoms with Crippen LogP contribution < -0.4 is 5.32 Å². The number of rotatable bonds is 5. The fourth-order valence-electron chi connectivity index (χ4n) is 2.48. The van der Waals surface area contributed by atoms with Gasteiger partial charge in [-0.05, 0) is 18.9 Å². The average Bonchev–Trinajstić information content (AvgIpc) is 2.52. The quantitative estimate of drug-likeness (QED) is 0.653. The lowest BCUT2D eigenvalue weighted by Crippen LogP contribution is -2.49. The van der Waals surface area contributed by atoms with Gasteiger partial charge in [0.1, 0.15) is 17.6 Å². The van der Waals surface area contributed by atoms with Crippen molar-refractivity contribution in [1.82, 2.24) is 9.88 Å². The fraction of sp³-hybridized carbons (Fsp3) is 0.600. The summed E-state index contributed by atoms with van der Waals surface area (Å²) in [4.78, 5) is 29.0. The Balaban J connectivity index is 2.14. The first-order valence-electron chi connectivity index (χ1n) is 7.65. The number of aromatic nitrogens is 1. The van der Waals surface area contributed by atoms with E-state index >= 15 is 0 Å². The summed E-state index contributed by atoms with van der Waals surface area (Å²) in [6.07, 6.45) is 0. The third-order valence-electron chi connectivity index (χ3n) is 3.81. The zero-order chi connectivity index (χ0) is 17.0. The van der Waals surface area contributed by atoms with Crippen LogP contribution in [0.5, 0.6) is 0 Å². The number of nitrogens with one attached hydrogen (secondary N) is 1. The lowest BCUT2D eigenvalue weighted by molar-refractivity contribution is -0.385. The standard InChI is InChI=1S/C15H22N4O4/c1-10(2)14(15(20)18-6-8-23-9-7-18)17-13-5-4-12(19(21)22)11(3)16-13/h4-5,10,14H,6-9H2,1-3H3,(H,16,17). The van der Waals surface area contributed by atoms with E-state index in [0.29, 0.717) is 37.8 Å². The molecule has 0 bridgehead atoms. The molecule has 0 aromatic carbocycles. The second-order valence-electron chi connectivity index (χ2n) is 5.86. The highest BCUT2D eigenvalue weighted by atomic mass is 16.6. The van der Waals surface area contributed by atoms with Crippen molar-refractivity contribution in [3.8, 4) is 0 Å². The van der Waals surface area contributed by atoms with Gasteiger partial charge in [-0.3, -0.25) is 14.9 Å². The number of ether oxygens (including phenoxy) is 1. The third kappa shape index (κ3) is 4.16. The number of morpholine rings is 1. The summed E-state index contributed by atoms with van der Waals surface area (Å²) < 4.78 is 5.27. The number of carbonyl (C=O) groups is 1. The van der Waals surface area contributed by atoms with Crippen molar-refractivity contribution in [2.24, 2.45) is 5.92 Å². The van der Waals surface area contributed by atoms with Gasteiger partial charge in [0.05, 0.1) is 18.1 Å². The Bertz CT molecular complexity index is 585. The van der Waals surface area contributed by atoms with Gasteiger partial charge in [0.2, 0.25) is 5.91 Å². The molecule has 0 radical (unpaired) electrons. The van der Waals surface area contributed by atoms with Crippen molar-refractivity contribution >= 4 is 17.4 Å². The number of pyridine rings is 1. The van der Waals surface area contributed by atoms with Crippen molar-refractivity contribution in [1.29, 1.82) is 0 Å². The lowest BCUT2D eigenvalue weighted by Gasteiger charge is -2.32. The first-order chi connectivity index (χ1) is 10.9. The van der Waals surface area contributed by atoms with Crippen LogP contribution in [-0.2, 0) is 9.53 Å². The van der Waals surface area contributed by atoms with E-state index in [2.05, 4.69) is 10.3 Å². The van der Waals surface area contributed by atoms with Gasteiger partial charge in [0.25, 0.3) is 5.69 Å². The lowest BCUT2D eigenvalue weighted by atomic mass is 10.0. The average molecular weight is 322 g/mol. The Hall–Kier alpha value is -2.22. The van der Waals surface area contributed by atoms with Gasteiger partial charge in [-0.15, -0.1) is 0 Å². The summed E-state index contributed by atoms with van der Waals surface area (Å²) >= 11 is 0. The summed E-state index contributed by atoms with van der Waals surface area (Å²) in [7, 11) is 0. The van der Waals surface area contributed by atoms with Gasteiger partial charge in [0, 0.05) is 19.2 Å². The number of aryl methyl sites for hydroxylation is 1. The van der Waals surface area contributed by atoms with Crippen LogP contribution >= 0.6 is 0 Å². The van der Waals surface area contributed by atoms with Crippen LogP contribution in [0.15, 0.2) is 12.1 Å². The number of amides is 1. The Morgan fingerprint density at radius 1 is 1.39 bits per heavy atom. The molecule has 1 N–H and O–H groups in total. The summed E-state index contributed by atoms with van der Waals surface area (Å²) in [5, 5.41) is 14.0. The molecule has 1 aromatic heterocycles. The van der Waals surface area contributed by atoms with Crippen LogP contribution in [0, 0.1) is 23.0 Å². The Kier molecular flexibility index (Phi) is 5.49. The van der Waals surface area contributed by atoms with E-state index in [9.17, 15) is 14.9 Å². The highest BCUT2D eigenvalue weighted by Gasteiger charge is 2.28. The molecule has 2 heterocycles. The number of carbonyl (C=O) groups excluding carboxylic acids is 1. The fourth-order valence-corrected chi connectivity index (χ4v) is 2.48. The largest absolute Gasteiger partial charge is 0.378 e. The van der Waals surface area contributed by atoms with E-state index in [1.54, 1.807) is 11.8 Å². The molecule has 1 aliphatic rings. The maximum absolute atomic E-state index is 12.7. The van der Waals surface area contributed by atoms with E-state index in [1.807, 2.05) is 13.8 Å². The van der Waals surface area contributed by atoms with E-state index < -0.39 is 11.0 Å². The van der Waals surface area contributed by atoms with Crippen LogP contribution in [0.4, 0.5) is 11.5 Å². The molecule has 0 aliphatic carbocycles. The highest BCUT2D eigenvalue weighted by molar-refractivity contribution is 5.84. The van der Waals surface area contributed by atoms with Gasteiger partial charge in [0.15, 0.2) is 0 Å². The molecule has 8 heteroatoms. The topological polar surface area (TPSA) is 97.6 Å². The second kappa shape index (κ2) is 7.36. The molecule has 1 unspecified atom stereocenters.